The van der Waals surface area contributed by atoms with Crippen molar-refractivity contribution in [2.75, 3.05) is 20.8 Å². The quantitative estimate of drug-likeness (QED) is 0.548. The third kappa shape index (κ3) is 6.75. The van der Waals surface area contributed by atoms with Crippen molar-refractivity contribution in [1.29, 1.82) is 0 Å². The second-order valence-corrected chi connectivity index (χ2v) is 5.36. The van der Waals surface area contributed by atoms with Crippen molar-refractivity contribution in [2.45, 2.75) is 0 Å². The molecule has 0 heterocycles. The Labute approximate surface area is 85.5 Å². The van der Waals surface area contributed by atoms with E-state index in [1.165, 1.54) is 0 Å². The summed E-state index contributed by atoms with van der Waals surface area (Å²) in [5, 5.41) is 1.78. The summed E-state index contributed by atoms with van der Waals surface area (Å²) in [6.07, 6.45) is 0. The Morgan fingerprint density at radius 2 is 1.80 bits per heavy atom. The fourth-order valence-electron chi connectivity index (χ4n) is 0.427. The molecule has 0 aliphatic rings. The molecule has 0 spiro atoms. The van der Waals surface area contributed by atoms with Crippen LogP contribution in [0.4, 0.5) is 0 Å². The van der Waals surface area contributed by atoms with Gasteiger partial charge >= 0.3 is 21.5 Å². The van der Waals surface area contributed by atoms with Crippen LogP contribution in [0.3, 0.4) is 0 Å². The standard InChI is InChI=1S/C4H11NO8P2/c1-11-14(7,8)5-3-4(6)13-15(9,10)12-2/h3H2,1-2H3,(H,9,10)(H2,5,7,8). The van der Waals surface area contributed by atoms with Gasteiger partial charge in [-0.05, 0) is 0 Å². The summed E-state index contributed by atoms with van der Waals surface area (Å²) in [5.74, 6) is -1.23. The third-order valence-electron chi connectivity index (χ3n) is 1.12. The zero-order chi connectivity index (χ0) is 12.1. The highest BCUT2D eigenvalue weighted by atomic mass is 31.2. The molecule has 15 heavy (non-hydrogen) atoms. The molecule has 11 heteroatoms. The minimum atomic E-state index is -4.42. The lowest BCUT2D eigenvalue weighted by molar-refractivity contribution is -0.134. The van der Waals surface area contributed by atoms with E-state index >= 15 is 0 Å². The zero-order valence-corrected chi connectivity index (χ0v) is 9.73. The molecule has 0 aromatic carbocycles. The molecule has 0 aliphatic carbocycles. The maximum absolute atomic E-state index is 10.8. The first kappa shape index (κ1) is 14.7. The van der Waals surface area contributed by atoms with Gasteiger partial charge in [0.1, 0.15) is 6.54 Å². The summed E-state index contributed by atoms with van der Waals surface area (Å²) >= 11 is 0. The van der Waals surface area contributed by atoms with E-state index < -0.39 is 28.1 Å². The van der Waals surface area contributed by atoms with E-state index in [1.807, 2.05) is 0 Å². The van der Waals surface area contributed by atoms with Gasteiger partial charge in [-0.25, -0.2) is 14.2 Å². The predicted molar refractivity (Wildman–Crippen MR) is 47.8 cm³/mol. The fourth-order valence-corrected chi connectivity index (χ4v) is 1.28. The predicted octanol–water partition coefficient (Wildman–Crippen LogP) is -0.387. The van der Waals surface area contributed by atoms with Gasteiger partial charge in [-0.1, -0.05) is 0 Å². The van der Waals surface area contributed by atoms with Crippen LogP contribution in [0.5, 0.6) is 0 Å². The van der Waals surface area contributed by atoms with Crippen molar-refractivity contribution in [1.82, 2.24) is 5.09 Å². The summed E-state index contributed by atoms with van der Waals surface area (Å²) in [6.45, 7) is -0.768. The number of nitrogens with one attached hydrogen (secondary N) is 1. The number of phosphoric ester groups is 1. The van der Waals surface area contributed by atoms with Gasteiger partial charge in [0, 0.05) is 14.2 Å². The van der Waals surface area contributed by atoms with E-state index in [0.29, 0.717) is 0 Å². The van der Waals surface area contributed by atoms with Crippen LogP contribution in [0.2, 0.25) is 0 Å². The van der Waals surface area contributed by atoms with Crippen LogP contribution >= 0.6 is 15.6 Å². The van der Waals surface area contributed by atoms with Gasteiger partial charge in [0.25, 0.3) is 0 Å². The molecule has 9 nitrogen and oxygen atoms in total. The Kier molecular flexibility index (Phi) is 5.61. The van der Waals surface area contributed by atoms with Gasteiger partial charge < -0.3 is 13.9 Å². The summed E-state index contributed by atoms with van der Waals surface area (Å²) in [5.41, 5.74) is 0. The molecule has 0 saturated heterocycles. The van der Waals surface area contributed by atoms with E-state index in [1.54, 1.807) is 5.09 Å². The smallest absolute Gasteiger partial charge is 0.370 e. The lowest BCUT2D eigenvalue weighted by Crippen LogP contribution is -2.22. The molecule has 0 aromatic heterocycles. The van der Waals surface area contributed by atoms with Crippen LogP contribution in [-0.4, -0.2) is 36.5 Å². The summed E-state index contributed by atoms with van der Waals surface area (Å²) < 4.78 is 33.4. The van der Waals surface area contributed by atoms with Crippen molar-refractivity contribution in [3.8, 4) is 0 Å². The first-order chi connectivity index (χ1) is 6.72. The van der Waals surface area contributed by atoms with Crippen LogP contribution < -0.4 is 5.09 Å². The Bertz CT molecular complexity index is 316. The van der Waals surface area contributed by atoms with Gasteiger partial charge in [0.05, 0.1) is 0 Å². The van der Waals surface area contributed by atoms with Crippen LogP contribution in [0, 0.1) is 0 Å². The second-order valence-electron chi connectivity index (χ2n) is 2.15. The molecule has 0 bridgehead atoms. The molecular formula is C4H11NO8P2. The Hall–Kier alpha value is -0.270. The van der Waals surface area contributed by atoms with Crippen molar-refractivity contribution < 1.29 is 37.3 Å². The first-order valence-corrected chi connectivity index (χ1v) is 6.54. The topological polar surface area (TPSA) is 131 Å². The zero-order valence-electron chi connectivity index (χ0n) is 7.95. The summed E-state index contributed by atoms with van der Waals surface area (Å²) in [4.78, 5) is 28.3. The molecule has 0 fully saturated rings. The molecular weight excluding hydrogens is 252 g/mol. The number of carbonyl (C=O) groups excluding carboxylic acids is 1. The van der Waals surface area contributed by atoms with Crippen molar-refractivity contribution >= 4 is 21.5 Å². The molecule has 3 N–H and O–H groups in total. The fraction of sp³-hybridized carbons (Fsp3) is 0.750. The number of carbonyl (C=O) groups is 1. The third-order valence-corrected chi connectivity index (χ3v) is 3.07. The average molecular weight is 263 g/mol. The van der Waals surface area contributed by atoms with Crippen LogP contribution in [0.15, 0.2) is 0 Å². The maximum Gasteiger partial charge on any atom is 0.529 e. The average Bonchev–Trinajstić information content (AvgIpc) is 2.15. The van der Waals surface area contributed by atoms with Gasteiger partial charge in [0.15, 0.2) is 0 Å². The minimum absolute atomic E-state index is 0.768. The Morgan fingerprint density at radius 1 is 1.27 bits per heavy atom. The highest BCUT2D eigenvalue weighted by Crippen LogP contribution is 2.42. The molecule has 0 radical (unpaired) electrons. The van der Waals surface area contributed by atoms with Crippen molar-refractivity contribution in [3.63, 3.8) is 0 Å². The Balaban J connectivity index is 4.08. The molecule has 0 saturated carbocycles. The number of phosphoric acid groups is 1. The maximum atomic E-state index is 10.8. The van der Waals surface area contributed by atoms with Crippen LogP contribution in [-0.2, 0) is 27.5 Å². The highest BCUT2D eigenvalue weighted by molar-refractivity contribution is 7.50. The monoisotopic (exact) mass is 263 g/mol. The Morgan fingerprint density at radius 3 is 2.20 bits per heavy atom. The van der Waals surface area contributed by atoms with Gasteiger partial charge in [-0.3, -0.25) is 14.2 Å². The van der Waals surface area contributed by atoms with E-state index in [-0.39, 0.29) is 0 Å². The van der Waals surface area contributed by atoms with Crippen molar-refractivity contribution in [3.05, 3.63) is 0 Å². The SMILES string of the molecule is COP(=O)(O)NCC(=O)OP(=O)(O)OC. The number of hydrogen-bond donors (Lipinski definition) is 3. The lowest BCUT2D eigenvalue weighted by atomic mass is 10.7. The largest absolute Gasteiger partial charge is 0.529 e. The normalized spacial score (nSPS) is 18.9. The first-order valence-electron chi connectivity index (χ1n) is 3.47. The number of hydrogen-bond acceptors (Lipinski definition) is 6. The second kappa shape index (κ2) is 5.72. The lowest BCUT2D eigenvalue weighted by Gasteiger charge is -2.11. The number of rotatable bonds is 6. The molecule has 0 amide bonds. The van der Waals surface area contributed by atoms with Crippen LogP contribution in [0.1, 0.15) is 0 Å². The molecule has 0 aromatic rings. The summed E-state index contributed by atoms with van der Waals surface area (Å²) in [7, 11) is -6.67. The van der Waals surface area contributed by atoms with E-state index in [0.717, 1.165) is 14.2 Å². The molecule has 90 valence electrons. The minimum Gasteiger partial charge on any atom is -0.370 e. The van der Waals surface area contributed by atoms with Gasteiger partial charge in [0.2, 0.25) is 0 Å². The van der Waals surface area contributed by atoms with Gasteiger partial charge in [-0.15, -0.1) is 0 Å². The molecule has 2 unspecified atom stereocenters. The molecule has 0 rings (SSSR count). The van der Waals surface area contributed by atoms with E-state index in [9.17, 15) is 13.9 Å². The van der Waals surface area contributed by atoms with E-state index in [2.05, 4.69) is 13.6 Å². The van der Waals surface area contributed by atoms with Crippen molar-refractivity contribution in [2.24, 2.45) is 0 Å². The van der Waals surface area contributed by atoms with E-state index in [4.69, 9.17) is 9.79 Å². The summed E-state index contributed by atoms with van der Waals surface area (Å²) in [6, 6.07) is 0. The highest BCUT2D eigenvalue weighted by Gasteiger charge is 2.26. The molecule has 0 aliphatic heterocycles. The van der Waals surface area contributed by atoms with Crippen LogP contribution in [0.25, 0.3) is 0 Å². The van der Waals surface area contributed by atoms with Gasteiger partial charge in [-0.2, -0.15) is 0 Å². The molecule has 2 atom stereocenters.